The summed E-state index contributed by atoms with van der Waals surface area (Å²) in [5.74, 6) is -1.62. The van der Waals surface area contributed by atoms with Crippen LogP contribution in [0.3, 0.4) is 0 Å². The van der Waals surface area contributed by atoms with Crippen molar-refractivity contribution in [3.63, 3.8) is 0 Å². The minimum absolute atomic E-state index is 0.0674. The SMILES string of the molecule is O=S(=O)(CCCCO)NCc1ccc(F)cc1F. The van der Waals surface area contributed by atoms with Crippen LogP contribution < -0.4 is 4.72 Å². The number of aliphatic hydroxyl groups excluding tert-OH is 1. The largest absolute Gasteiger partial charge is 0.396 e. The van der Waals surface area contributed by atoms with Crippen LogP contribution in [0, 0.1) is 11.6 Å². The highest BCUT2D eigenvalue weighted by Crippen LogP contribution is 2.09. The number of halogens is 2. The highest BCUT2D eigenvalue weighted by molar-refractivity contribution is 7.89. The first-order chi connectivity index (χ1) is 8.44. The van der Waals surface area contributed by atoms with Crippen molar-refractivity contribution in [2.24, 2.45) is 0 Å². The first-order valence-corrected chi connectivity index (χ1v) is 7.12. The van der Waals surface area contributed by atoms with Crippen molar-refractivity contribution in [1.29, 1.82) is 0 Å². The molecule has 2 N–H and O–H groups in total. The van der Waals surface area contributed by atoms with E-state index in [0.29, 0.717) is 18.9 Å². The number of hydrogen-bond donors (Lipinski definition) is 2. The number of aliphatic hydroxyl groups is 1. The topological polar surface area (TPSA) is 66.4 Å². The quantitative estimate of drug-likeness (QED) is 0.736. The third kappa shape index (κ3) is 5.07. The Morgan fingerprint density at radius 1 is 1.22 bits per heavy atom. The van der Waals surface area contributed by atoms with Crippen molar-refractivity contribution in [2.75, 3.05) is 12.4 Å². The average Bonchev–Trinajstić information content (AvgIpc) is 2.28. The molecule has 1 rings (SSSR count). The Bertz CT molecular complexity index is 491. The second-order valence-electron chi connectivity index (χ2n) is 3.81. The van der Waals surface area contributed by atoms with Gasteiger partial charge in [-0.15, -0.1) is 0 Å². The molecule has 7 heteroatoms. The number of sulfonamides is 1. The Morgan fingerprint density at radius 3 is 2.56 bits per heavy atom. The van der Waals surface area contributed by atoms with E-state index in [1.54, 1.807) is 0 Å². The lowest BCUT2D eigenvalue weighted by atomic mass is 10.2. The van der Waals surface area contributed by atoms with Crippen LogP contribution in [0.25, 0.3) is 0 Å². The van der Waals surface area contributed by atoms with Crippen LogP contribution >= 0.6 is 0 Å². The van der Waals surface area contributed by atoms with E-state index in [4.69, 9.17) is 5.11 Å². The lowest BCUT2D eigenvalue weighted by molar-refractivity contribution is 0.287. The third-order valence-corrected chi connectivity index (χ3v) is 3.73. The molecule has 0 heterocycles. The molecule has 102 valence electrons. The van der Waals surface area contributed by atoms with Gasteiger partial charge in [0.2, 0.25) is 10.0 Å². The van der Waals surface area contributed by atoms with Crippen molar-refractivity contribution >= 4 is 10.0 Å². The minimum Gasteiger partial charge on any atom is -0.396 e. The molecule has 0 aliphatic heterocycles. The summed E-state index contributed by atoms with van der Waals surface area (Å²) in [6.45, 7) is -0.282. The molecule has 0 atom stereocenters. The Hall–Kier alpha value is -1.05. The van der Waals surface area contributed by atoms with Crippen molar-refractivity contribution < 1.29 is 22.3 Å². The lowest BCUT2D eigenvalue weighted by Crippen LogP contribution is -2.26. The molecule has 0 fully saturated rings. The number of benzene rings is 1. The van der Waals surface area contributed by atoms with Gasteiger partial charge in [0, 0.05) is 24.8 Å². The number of hydrogen-bond acceptors (Lipinski definition) is 3. The fourth-order valence-corrected chi connectivity index (χ4v) is 2.43. The summed E-state index contributed by atoms with van der Waals surface area (Å²) in [7, 11) is -3.50. The van der Waals surface area contributed by atoms with Gasteiger partial charge < -0.3 is 5.11 Å². The van der Waals surface area contributed by atoms with Crippen LogP contribution in [0.15, 0.2) is 18.2 Å². The van der Waals surface area contributed by atoms with E-state index in [1.807, 2.05) is 0 Å². The fourth-order valence-electron chi connectivity index (χ4n) is 1.33. The zero-order valence-corrected chi connectivity index (χ0v) is 10.5. The van der Waals surface area contributed by atoms with Gasteiger partial charge in [0.25, 0.3) is 0 Å². The summed E-state index contributed by atoms with van der Waals surface area (Å²) >= 11 is 0. The highest BCUT2D eigenvalue weighted by atomic mass is 32.2. The van der Waals surface area contributed by atoms with Crippen LogP contribution in [-0.2, 0) is 16.6 Å². The molecule has 1 aromatic carbocycles. The summed E-state index contributed by atoms with van der Waals surface area (Å²) in [6.07, 6.45) is 0.726. The Morgan fingerprint density at radius 2 is 1.94 bits per heavy atom. The van der Waals surface area contributed by atoms with Gasteiger partial charge in [-0.05, 0) is 18.9 Å². The maximum Gasteiger partial charge on any atom is 0.211 e. The van der Waals surface area contributed by atoms with Crippen LogP contribution in [0.5, 0.6) is 0 Å². The fraction of sp³-hybridized carbons (Fsp3) is 0.455. The van der Waals surface area contributed by atoms with Crippen molar-refractivity contribution in [1.82, 2.24) is 4.72 Å². The number of unbranched alkanes of at least 4 members (excludes halogenated alkanes) is 1. The summed E-state index contributed by atoms with van der Waals surface area (Å²) in [5.41, 5.74) is 0.0853. The molecule has 0 aliphatic rings. The van der Waals surface area contributed by atoms with E-state index in [9.17, 15) is 17.2 Å². The van der Waals surface area contributed by atoms with Gasteiger partial charge >= 0.3 is 0 Å². The maximum absolute atomic E-state index is 13.2. The minimum atomic E-state index is -3.50. The van der Waals surface area contributed by atoms with Crippen LogP contribution in [0.4, 0.5) is 8.78 Å². The predicted molar refractivity (Wildman–Crippen MR) is 63.3 cm³/mol. The molecule has 0 aliphatic carbocycles. The van der Waals surface area contributed by atoms with Crippen LogP contribution in [0.2, 0.25) is 0 Å². The monoisotopic (exact) mass is 279 g/mol. The summed E-state index contributed by atoms with van der Waals surface area (Å²) in [6, 6.07) is 2.97. The van der Waals surface area contributed by atoms with E-state index in [0.717, 1.165) is 6.07 Å². The molecule has 0 aromatic heterocycles. The van der Waals surface area contributed by atoms with E-state index >= 15 is 0 Å². The predicted octanol–water partition coefficient (Wildman–Crippen LogP) is 1.16. The summed E-state index contributed by atoms with van der Waals surface area (Å²) in [5, 5.41) is 8.53. The van der Waals surface area contributed by atoms with Crippen LogP contribution in [-0.4, -0.2) is 25.9 Å². The summed E-state index contributed by atoms with van der Waals surface area (Å²) in [4.78, 5) is 0. The second-order valence-corrected chi connectivity index (χ2v) is 5.73. The first-order valence-electron chi connectivity index (χ1n) is 5.47. The molecule has 1 aromatic rings. The molecule has 0 saturated carbocycles. The van der Waals surface area contributed by atoms with E-state index in [-0.39, 0.29) is 24.5 Å². The molecular formula is C11H15F2NO3S. The van der Waals surface area contributed by atoms with E-state index < -0.39 is 21.7 Å². The van der Waals surface area contributed by atoms with Crippen molar-refractivity contribution in [3.8, 4) is 0 Å². The van der Waals surface area contributed by atoms with Gasteiger partial charge in [-0.25, -0.2) is 21.9 Å². The van der Waals surface area contributed by atoms with E-state index in [2.05, 4.69) is 4.72 Å². The van der Waals surface area contributed by atoms with Gasteiger partial charge in [-0.3, -0.25) is 0 Å². The van der Waals surface area contributed by atoms with Gasteiger partial charge in [0.15, 0.2) is 0 Å². The molecule has 0 spiro atoms. The number of rotatable bonds is 7. The van der Waals surface area contributed by atoms with Gasteiger partial charge in [-0.1, -0.05) is 6.07 Å². The summed E-state index contributed by atoms with van der Waals surface area (Å²) < 4.78 is 51.0. The molecular weight excluding hydrogens is 264 g/mol. The molecule has 0 unspecified atom stereocenters. The zero-order chi connectivity index (χ0) is 13.6. The Labute approximate surface area is 105 Å². The molecule has 0 saturated heterocycles. The molecule has 0 amide bonds. The average molecular weight is 279 g/mol. The van der Waals surface area contributed by atoms with Gasteiger partial charge in [0.05, 0.1) is 5.75 Å². The Balaban J connectivity index is 2.53. The standard InChI is InChI=1S/C11H15F2NO3S/c12-10-4-3-9(11(13)7-10)8-14-18(16,17)6-2-1-5-15/h3-4,7,14-15H,1-2,5-6,8H2. The second kappa shape index (κ2) is 6.77. The molecule has 18 heavy (non-hydrogen) atoms. The first kappa shape index (κ1) is 15.0. The normalized spacial score (nSPS) is 11.7. The van der Waals surface area contributed by atoms with Crippen LogP contribution in [0.1, 0.15) is 18.4 Å². The maximum atomic E-state index is 13.2. The third-order valence-electron chi connectivity index (χ3n) is 2.32. The smallest absolute Gasteiger partial charge is 0.211 e. The van der Waals surface area contributed by atoms with Gasteiger partial charge in [-0.2, -0.15) is 0 Å². The Kier molecular flexibility index (Phi) is 5.64. The van der Waals surface area contributed by atoms with Gasteiger partial charge in [0.1, 0.15) is 11.6 Å². The van der Waals surface area contributed by atoms with Crippen molar-refractivity contribution in [2.45, 2.75) is 19.4 Å². The zero-order valence-electron chi connectivity index (χ0n) is 9.70. The molecule has 0 radical (unpaired) electrons. The number of nitrogens with one attached hydrogen (secondary N) is 1. The molecule has 0 bridgehead atoms. The van der Waals surface area contributed by atoms with E-state index in [1.165, 1.54) is 6.07 Å². The molecule has 4 nitrogen and oxygen atoms in total. The highest BCUT2D eigenvalue weighted by Gasteiger charge is 2.11. The lowest BCUT2D eigenvalue weighted by Gasteiger charge is -2.07. The van der Waals surface area contributed by atoms with Crippen molar-refractivity contribution in [3.05, 3.63) is 35.4 Å².